The van der Waals surface area contributed by atoms with Gasteiger partial charge in [-0.15, -0.1) is 0 Å². The van der Waals surface area contributed by atoms with Crippen molar-refractivity contribution >= 4 is 75.5 Å². The maximum atomic E-state index is 8.81. The van der Waals surface area contributed by atoms with Gasteiger partial charge >= 0.3 is 105 Å². The van der Waals surface area contributed by atoms with Crippen LogP contribution in [0.3, 0.4) is 0 Å². The van der Waals surface area contributed by atoms with Gasteiger partial charge in [-0.2, -0.15) is 0 Å². The van der Waals surface area contributed by atoms with Crippen molar-refractivity contribution in [3.63, 3.8) is 0 Å². The Balaban J connectivity index is -0.0000000450. The van der Waals surface area contributed by atoms with E-state index < -0.39 is 18.6 Å². The van der Waals surface area contributed by atoms with Crippen molar-refractivity contribution < 1.29 is 29.3 Å². The minimum absolute atomic E-state index is 0. The first-order valence-corrected chi connectivity index (χ1v) is 2.69. The summed E-state index contributed by atoms with van der Waals surface area (Å²) < 4.78 is 23.2. The minimum atomic E-state index is -3.58. The molecule has 0 saturated carbocycles. The Morgan fingerprint density at radius 2 is 1.17 bits per heavy atom. The van der Waals surface area contributed by atoms with E-state index in [1.54, 1.807) is 0 Å². The Hall–Kier alpha value is 2.95. The van der Waals surface area contributed by atoms with Gasteiger partial charge in [0.2, 0.25) is 0 Å². The van der Waals surface area contributed by atoms with Crippen LogP contribution in [0.2, 0.25) is 0 Å². The molecule has 0 spiro atoms. The third kappa shape index (κ3) is 28.3. The summed E-state index contributed by atoms with van der Waals surface area (Å²) in [6, 6.07) is 0. The average molecular weight is 182 g/mol. The van der Waals surface area contributed by atoms with E-state index >= 15 is 0 Å². The van der Waals surface area contributed by atoms with E-state index in [0.717, 1.165) is 0 Å². The molecule has 0 saturated heterocycles. The summed E-state index contributed by atoms with van der Waals surface area (Å²) in [6.45, 7) is 0. The third-order valence-electron chi connectivity index (χ3n) is 0. The average Bonchev–Trinajstić information content (AvgIpc) is 0.811. The molecule has 6 heteroatoms. The molecule has 0 heterocycles. The Morgan fingerprint density at radius 3 is 1.17 bits per heavy atom. The molecule has 0 bridgehead atoms. The summed E-state index contributed by atoms with van der Waals surface area (Å²) in [4.78, 5) is 0. The van der Waals surface area contributed by atoms with Gasteiger partial charge in [0.05, 0.1) is 0 Å². The second-order valence-electron chi connectivity index (χ2n) is 0.283. The molecule has 0 unspecified atom stereocenters. The van der Waals surface area contributed by atoms with Crippen LogP contribution < -0.4 is 0 Å². The molecule has 0 fully saturated rings. The van der Waals surface area contributed by atoms with Crippen LogP contribution in [0.25, 0.3) is 0 Å². The standard InChI is InChI=1S/2Ca.2H2O.O.Ti.4H/h;;2*1H2;;;;;;/q;;;;;+2;;;;/p-2. The van der Waals surface area contributed by atoms with Gasteiger partial charge in [0.25, 0.3) is 0 Å². The molecule has 0 aliphatic rings. The zero-order valence-electron chi connectivity index (χ0n) is 1.80. The van der Waals surface area contributed by atoms with Crippen molar-refractivity contribution in [2.75, 3.05) is 0 Å². The second-order valence-corrected chi connectivity index (χ2v) is 1.17. The van der Waals surface area contributed by atoms with E-state index in [4.69, 9.17) is 10.7 Å². The second kappa shape index (κ2) is 10.8. The van der Waals surface area contributed by atoms with Gasteiger partial charge in [0, 0.05) is 0 Å². The van der Waals surface area contributed by atoms with Crippen molar-refractivity contribution in [3.05, 3.63) is 0 Å². The maximum absolute atomic E-state index is 8.81. The molecular formula is H6Ca2O3Ti. The summed E-state index contributed by atoms with van der Waals surface area (Å²) in [6.07, 6.45) is 0. The number of rotatable bonds is 0. The number of hydrogen-bond donors (Lipinski definition) is 2. The summed E-state index contributed by atoms with van der Waals surface area (Å²) >= 11 is -3.58. The van der Waals surface area contributed by atoms with Gasteiger partial charge < -0.3 is 0 Å². The predicted octanol–water partition coefficient (Wildman–Crippen LogP) is -3.07. The molecular weight excluding hydrogens is 176 g/mol. The van der Waals surface area contributed by atoms with Crippen LogP contribution in [-0.4, -0.2) is 82.9 Å². The Morgan fingerprint density at radius 1 is 1.17 bits per heavy atom. The molecule has 0 radical (unpaired) electrons. The molecule has 32 valence electrons. The molecule has 0 aliphatic carbocycles. The molecule has 0 aromatic heterocycles. The fourth-order valence-electron chi connectivity index (χ4n) is 0. The molecule has 0 rings (SSSR count). The van der Waals surface area contributed by atoms with Gasteiger partial charge in [0.15, 0.2) is 0 Å². The van der Waals surface area contributed by atoms with Crippen molar-refractivity contribution in [3.8, 4) is 0 Å². The first-order chi connectivity index (χ1) is 1.73. The Kier molecular flexibility index (Phi) is 28.9. The predicted molar refractivity (Wildman–Crippen MR) is 22.2 cm³/mol. The first kappa shape index (κ1) is 16.0. The van der Waals surface area contributed by atoms with E-state index in [0.29, 0.717) is 0 Å². The van der Waals surface area contributed by atoms with E-state index in [1.807, 2.05) is 0 Å². The van der Waals surface area contributed by atoms with Crippen LogP contribution in [0.5, 0.6) is 0 Å². The van der Waals surface area contributed by atoms with Crippen LogP contribution >= 0.6 is 0 Å². The third-order valence-corrected chi connectivity index (χ3v) is 0. The van der Waals surface area contributed by atoms with Crippen LogP contribution in [0.1, 0.15) is 0 Å². The molecule has 0 aromatic rings. The fourth-order valence-corrected chi connectivity index (χ4v) is 0. The van der Waals surface area contributed by atoms with Gasteiger partial charge in [-0.3, -0.25) is 0 Å². The zero-order chi connectivity index (χ0) is 3.58. The molecule has 3 nitrogen and oxygen atoms in total. The van der Waals surface area contributed by atoms with E-state index in [2.05, 4.69) is 0 Å². The van der Waals surface area contributed by atoms with Crippen molar-refractivity contribution in [1.29, 1.82) is 0 Å². The van der Waals surface area contributed by atoms with Gasteiger partial charge in [-0.25, -0.2) is 0 Å². The Bertz CT molecular complexity index is 31.8. The Labute approximate surface area is 102 Å². The molecule has 2 N–H and O–H groups in total. The van der Waals surface area contributed by atoms with Gasteiger partial charge in [-0.1, -0.05) is 0 Å². The normalized spacial score (nSPS) is 4.33. The van der Waals surface area contributed by atoms with E-state index in [1.165, 1.54) is 0 Å². The van der Waals surface area contributed by atoms with E-state index in [-0.39, 0.29) is 75.5 Å². The van der Waals surface area contributed by atoms with Crippen LogP contribution in [0.15, 0.2) is 0 Å². The van der Waals surface area contributed by atoms with E-state index in [9.17, 15) is 0 Å². The molecule has 0 amide bonds. The quantitative estimate of drug-likeness (QED) is 0.391. The van der Waals surface area contributed by atoms with Crippen molar-refractivity contribution in [1.82, 2.24) is 0 Å². The summed E-state index contributed by atoms with van der Waals surface area (Å²) in [7, 11) is 0. The summed E-state index contributed by atoms with van der Waals surface area (Å²) in [5.74, 6) is 0. The molecule has 0 atom stereocenters. The summed E-state index contributed by atoms with van der Waals surface area (Å²) in [5.41, 5.74) is 0. The zero-order valence-corrected chi connectivity index (χ0v) is 3.36. The SMILES string of the molecule is [CaH2].[CaH2].[O]=[Ti]([OH])[OH]. The first-order valence-electron chi connectivity index (χ1n) is 0.651. The van der Waals surface area contributed by atoms with Crippen molar-refractivity contribution in [2.24, 2.45) is 0 Å². The summed E-state index contributed by atoms with van der Waals surface area (Å²) in [5, 5.41) is 0. The van der Waals surface area contributed by atoms with Crippen LogP contribution in [0.4, 0.5) is 0 Å². The van der Waals surface area contributed by atoms with Gasteiger partial charge in [0.1, 0.15) is 0 Å². The van der Waals surface area contributed by atoms with Crippen LogP contribution in [0, 0.1) is 0 Å². The fraction of sp³-hybridized carbons (Fsp3) is 0. The van der Waals surface area contributed by atoms with Gasteiger partial charge in [-0.05, 0) is 0 Å². The topological polar surface area (TPSA) is 57.5 Å². The molecule has 0 aromatic carbocycles. The molecule has 0 aliphatic heterocycles. The van der Waals surface area contributed by atoms with Crippen LogP contribution in [-0.2, 0) is 21.9 Å². The van der Waals surface area contributed by atoms with Crippen molar-refractivity contribution in [2.45, 2.75) is 0 Å². The monoisotopic (exact) mass is 182 g/mol. The number of hydrogen-bond acceptors (Lipinski definition) is 1. The molecule has 6 heavy (non-hydrogen) atoms.